The monoisotopic (exact) mass is 235 g/mol. The smallest absolute Gasteiger partial charge is 0.220 e. The third kappa shape index (κ3) is 6.68. The molecule has 0 bridgehead atoms. The first-order valence-corrected chi connectivity index (χ1v) is 6.09. The summed E-state index contributed by atoms with van der Waals surface area (Å²) in [7, 11) is 0. The van der Waals surface area contributed by atoms with Crippen LogP contribution in [0.2, 0.25) is 0 Å². The lowest BCUT2D eigenvalue weighted by Crippen LogP contribution is -2.26. The Morgan fingerprint density at radius 3 is 3.06 bits per heavy atom. The van der Waals surface area contributed by atoms with Crippen LogP contribution >= 0.6 is 0 Å². The van der Waals surface area contributed by atoms with Crippen LogP contribution < -0.4 is 11.1 Å². The normalized spacial score (nSPS) is 12.1. The van der Waals surface area contributed by atoms with E-state index >= 15 is 0 Å². The van der Waals surface area contributed by atoms with Crippen LogP contribution in [-0.2, 0) is 11.2 Å². The minimum atomic E-state index is 0.106. The first-order valence-electron chi connectivity index (χ1n) is 6.09. The third-order valence-corrected chi connectivity index (χ3v) is 2.52. The Labute approximate surface area is 103 Å². The summed E-state index contributed by atoms with van der Waals surface area (Å²) in [6.07, 6.45) is 6.71. The van der Waals surface area contributed by atoms with Crippen molar-refractivity contribution >= 4 is 5.91 Å². The van der Waals surface area contributed by atoms with E-state index in [0.717, 1.165) is 24.8 Å². The molecule has 4 heteroatoms. The fraction of sp³-hybridized carbons (Fsp3) is 0.538. The van der Waals surface area contributed by atoms with Gasteiger partial charge in [-0.05, 0) is 37.8 Å². The van der Waals surface area contributed by atoms with E-state index in [1.54, 1.807) is 6.20 Å². The van der Waals surface area contributed by atoms with Crippen LogP contribution in [0, 0.1) is 0 Å². The minimum Gasteiger partial charge on any atom is -0.356 e. The number of carbonyl (C=O) groups is 1. The predicted molar refractivity (Wildman–Crippen MR) is 68.5 cm³/mol. The molecule has 1 heterocycles. The quantitative estimate of drug-likeness (QED) is 0.747. The van der Waals surface area contributed by atoms with Crippen molar-refractivity contribution in [2.45, 2.75) is 38.6 Å². The number of nitrogens with zero attached hydrogens (tertiary/aromatic N) is 1. The first kappa shape index (κ1) is 13.6. The van der Waals surface area contributed by atoms with Gasteiger partial charge in [-0.1, -0.05) is 6.07 Å². The lowest BCUT2D eigenvalue weighted by atomic mass is 10.1. The van der Waals surface area contributed by atoms with E-state index < -0.39 is 0 Å². The molecule has 3 N–H and O–H groups in total. The maximum atomic E-state index is 11.4. The molecule has 17 heavy (non-hydrogen) atoms. The molecule has 0 saturated heterocycles. The molecule has 94 valence electrons. The summed E-state index contributed by atoms with van der Waals surface area (Å²) in [6.45, 7) is 2.63. The molecule has 0 aliphatic heterocycles. The topological polar surface area (TPSA) is 68.0 Å². The van der Waals surface area contributed by atoms with Crippen molar-refractivity contribution in [3.05, 3.63) is 30.1 Å². The van der Waals surface area contributed by atoms with E-state index in [0.29, 0.717) is 13.0 Å². The highest BCUT2D eigenvalue weighted by Crippen LogP contribution is 1.99. The minimum absolute atomic E-state index is 0.106. The molecule has 0 aliphatic carbocycles. The van der Waals surface area contributed by atoms with Gasteiger partial charge in [0.2, 0.25) is 5.91 Å². The molecule has 0 saturated carbocycles. The lowest BCUT2D eigenvalue weighted by Gasteiger charge is -2.06. The summed E-state index contributed by atoms with van der Waals surface area (Å²) in [5.74, 6) is 0.106. The van der Waals surface area contributed by atoms with Gasteiger partial charge in [0, 0.05) is 31.4 Å². The van der Waals surface area contributed by atoms with Crippen LogP contribution in [0.1, 0.15) is 31.7 Å². The summed E-state index contributed by atoms with van der Waals surface area (Å²) >= 11 is 0. The van der Waals surface area contributed by atoms with Crippen molar-refractivity contribution in [2.24, 2.45) is 5.73 Å². The molecule has 1 unspecified atom stereocenters. The van der Waals surface area contributed by atoms with Gasteiger partial charge in [-0.15, -0.1) is 0 Å². The lowest BCUT2D eigenvalue weighted by molar-refractivity contribution is -0.121. The van der Waals surface area contributed by atoms with Crippen LogP contribution in [0.4, 0.5) is 0 Å². The van der Waals surface area contributed by atoms with Gasteiger partial charge in [-0.25, -0.2) is 0 Å². The number of rotatable bonds is 7. The standard InChI is InChI=1S/C13H21N3O/c1-11(14)4-2-6-13(17)16-9-7-12-5-3-8-15-10-12/h3,5,8,10-11H,2,4,6-7,9,14H2,1H3,(H,16,17). The van der Waals surface area contributed by atoms with Gasteiger partial charge >= 0.3 is 0 Å². The van der Waals surface area contributed by atoms with E-state index in [9.17, 15) is 4.79 Å². The maximum absolute atomic E-state index is 11.4. The van der Waals surface area contributed by atoms with Gasteiger partial charge in [-0.2, -0.15) is 0 Å². The first-order chi connectivity index (χ1) is 8.18. The Morgan fingerprint density at radius 2 is 2.41 bits per heavy atom. The number of carbonyl (C=O) groups excluding carboxylic acids is 1. The summed E-state index contributed by atoms with van der Waals surface area (Å²) < 4.78 is 0. The van der Waals surface area contributed by atoms with Gasteiger partial charge in [0.05, 0.1) is 0 Å². The molecule has 1 amide bonds. The van der Waals surface area contributed by atoms with Crippen molar-refractivity contribution in [3.63, 3.8) is 0 Å². The molecule has 0 spiro atoms. The highest BCUT2D eigenvalue weighted by Gasteiger charge is 2.02. The average Bonchev–Trinajstić information content (AvgIpc) is 2.30. The number of aromatic nitrogens is 1. The number of hydrogen-bond acceptors (Lipinski definition) is 3. The Balaban J connectivity index is 2.08. The molecule has 0 radical (unpaired) electrons. The van der Waals surface area contributed by atoms with Crippen molar-refractivity contribution in [3.8, 4) is 0 Å². The summed E-state index contributed by atoms with van der Waals surface area (Å²) in [5, 5.41) is 2.90. The van der Waals surface area contributed by atoms with E-state index in [1.165, 1.54) is 0 Å². The fourth-order valence-corrected chi connectivity index (χ4v) is 1.57. The van der Waals surface area contributed by atoms with Gasteiger partial charge in [0.1, 0.15) is 0 Å². The van der Waals surface area contributed by atoms with E-state index in [4.69, 9.17) is 5.73 Å². The number of nitrogens with two attached hydrogens (primary N) is 1. The molecule has 1 rings (SSSR count). The average molecular weight is 235 g/mol. The zero-order valence-electron chi connectivity index (χ0n) is 10.4. The van der Waals surface area contributed by atoms with Gasteiger partial charge < -0.3 is 11.1 Å². The Morgan fingerprint density at radius 1 is 1.59 bits per heavy atom. The zero-order chi connectivity index (χ0) is 12.5. The van der Waals surface area contributed by atoms with Crippen LogP contribution in [0.5, 0.6) is 0 Å². The number of amides is 1. The van der Waals surface area contributed by atoms with Gasteiger partial charge in [-0.3, -0.25) is 9.78 Å². The van der Waals surface area contributed by atoms with Crippen LogP contribution in [0.25, 0.3) is 0 Å². The van der Waals surface area contributed by atoms with Crippen molar-refractivity contribution in [1.29, 1.82) is 0 Å². The largest absolute Gasteiger partial charge is 0.356 e. The number of pyridine rings is 1. The second-order valence-electron chi connectivity index (χ2n) is 4.33. The second kappa shape index (κ2) is 7.79. The summed E-state index contributed by atoms with van der Waals surface area (Å²) in [5.41, 5.74) is 6.76. The second-order valence-corrected chi connectivity index (χ2v) is 4.33. The SMILES string of the molecule is CC(N)CCCC(=O)NCCc1cccnc1. The van der Waals surface area contributed by atoms with Gasteiger partial charge in [0.15, 0.2) is 0 Å². The molecule has 1 aromatic rings. The van der Waals surface area contributed by atoms with Crippen molar-refractivity contribution in [1.82, 2.24) is 10.3 Å². The van der Waals surface area contributed by atoms with Crippen LogP contribution in [0.3, 0.4) is 0 Å². The summed E-state index contributed by atoms with van der Waals surface area (Å²) in [6, 6.07) is 4.09. The maximum Gasteiger partial charge on any atom is 0.220 e. The number of hydrogen-bond donors (Lipinski definition) is 2. The van der Waals surface area contributed by atoms with E-state index in [-0.39, 0.29) is 11.9 Å². The zero-order valence-corrected chi connectivity index (χ0v) is 10.4. The fourth-order valence-electron chi connectivity index (χ4n) is 1.57. The molecule has 1 aromatic heterocycles. The molecule has 0 fully saturated rings. The molecular weight excluding hydrogens is 214 g/mol. The van der Waals surface area contributed by atoms with Crippen molar-refractivity contribution in [2.75, 3.05) is 6.54 Å². The van der Waals surface area contributed by atoms with Crippen molar-refractivity contribution < 1.29 is 4.79 Å². The van der Waals surface area contributed by atoms with E-state index in [1.807, 2.05) is 25.3 Å². The van der Waals surface area contributed by atoms with Crippen LogP contribution in [-0.4, -0.2) is 23.5 Å². The predicted octanol–water partition coefficient (Wildman–Crippen LogP) is 1.26. The molecule has 1 atom stereocenters. The van der Waals surface area contributed by atoms with E-state index in [2.05, 4.69) is 10.3 Å². The molecule has 0 aliphatic rings. The van der Waals surface area contributed by atoms with Crippen LogP contribution in [0.15, 0.2) is 24.5 Å². The summed E-state index contributed by atoms with van der Waals surface area (Å²) in [4.78, 5) is 15.5. The number of nitrogens with one attached hydrogen (secondary N) is 1. The Kier molecular flexibility index (Phi) is 6.25. The molecular formula is C13H21N3O. The third-order valence-electron chi connectivity index (χ3n) is 2.52. The van der Waals surface area contributed by atoms with Gasteiger partial charge in [0.25, 0.3) is 0 Å². The molecule has 4 nitrogen and oxygen atoms in total. The highest BCUT2D eigenvalue weighted by atomic mass is 16.1. The Hall–Kier alpha value is -1.42. The molecule has 0 aromatic carbocycles. The highest BCUT2D eigenvalue weighted by molar-refractivity contribution is 5.75. The Bertz CT molecular complexity index is 325.